The van der Waals surface area contributed by atoms with Gasteiger partial charge in [0.25, 0.3) is 5.91 Å². The molecule has 0 radical (unpaired) electrons. The molecule has 2 aliphatic rings. The van der Waals surface area contributed by atoms with Gasteiger partial charge >= 0.3 is 0 Å². The zero-order valence-electron chi connectivity index (χ0n) is 18.1. The molecule has 1 aliphatic carbocycles. The highest BCUT2D eigenvalue weighted by molar-refractivity contribution is 7.10. The lowest BCUT2D eigenvalue weighted by atomic mass is 9.73. The van der Waals surface area contributed by atoms with Crippen LogP contribution < -0.4 is 10.6 Å². The van der Waals surface area contributed by atoms with Gasteiger partial charge in [-0.2, -0.15) is 0 Å². The van der Waals surface area contributed by atoms with Gasteiger partial charge in [-0.3, -0.25) is 9.59 Å². The summed E-state index contributed by atoms with van der Waals surface area (Å²) in [6.45, 7) is 1.86. The molecule has 1 amide bonds. The van der Waals surface area contributed by atoms with Crippen LogP contribution in [0, 0.1) is 5.82 Å². The SMILES string of the molecule is CC1=C(C(=O)Nc2cccc(F)c2)C(c2cccs2)C2=C(CC(c3ccccc3)CC2=O)N1. The molecular weight excluding hydrogens is 435 g/mol. The highest BCUT2D eigenvalue weighted by Gasteiger charge is 2.41. The summed E-state index contributed by atoms with van der Waals surface area (Å²) >= 11 is 1.53. The summed E-state index contributed by atoms with van der Waals surface area (Å²) < 4.78 is 13.7. The van der Waals surface area contributed by atoms with Crippen LogP contribution in [0.5, 0.6) is 0 Å². The molecule has 0 saturated heterocycles. The Balaban J connectivity index is 1.53. The van der Waals surface area contributed by atoms with Gasteiger partial charge < -0.3 is 10.6 Å². The molecule has 1 aliphatic heterocycles. The monoisotopic (exact) mass is 458 g/mol. The number of carbonyl (C=O) groups is 2. The fraction of sp³-hybridized carbons (Fsp3) is 0.185. The molecule has 2 atom stereocenters. The predicted octanol–water partition coefficient (Wildman–Crippen LogP) is 5.89. The molecule has 3 aromatic rings. The second-order valence-corrected chi connectivity index (χ2v) is 9.39. The smallest absolute Gasteiger partial charge is 0.254 e. The lowest BCUT2D eigenvalue weighted by Gasteiger charge is -2.36. The Morgan fingerprint density at radius 3 is 2.61 bits per heavy atom. The molecule has 33 heavy (non-hydrogen) atoms. The average Bonchev–Trinajstić information content (AvgIpc) is 3.33. The highest BCUT2D eigenvalue weighted by atomic mass is 32.1. The average molecular weight is 459 g/mol. The molecule has 2 unspecified atom stereocenters. The van der Waals surface area contributed by atoms with E-state index in [2.05, 4.69) is 22.8 Å². The van der Waals surface area contributed by atoms with E-state index in [9.17, 15) is 14.0 Å². The topological polar surface area (TPSA) is 58.2 Å². The van der Waals surface area contributed by atoms with Gasteiger partial charge in [-0.25, -0.2) is 4.39 Å². The van der Waals surface area contributed by atoms with Crippen molar-refractivity contribution in [3.8, 4) is 0 Å². The van der Waals surface area contributed by atoms with Crippen LogP contribution in [-0.4, -0.2) is 11.7 Å². The summed E-state index contributed by atoms with van der Waals surface area (Å²) in [4.78, 5) is 27.8. The summed E-state index contributed by atoms with van der Waals surface area (Å²) in [7, 11) is 0. The summed E-state index contributed by atoms with van der Waals surface area (Å²) in [6, 6.07) is 19.8. The Kier molecular flexibility index (Phi) is 5.68. The van der Waals surface area contributed by atoms with Crippen LogP contribution in [0.15, 0.2) is 94.7 Å². The number of allylic oxidation sites excluding steroid dienone is 3. The van der Waals surface area contributed by atoms with Crippen molar-refractivity contribution in [1.29, 1.82) is 0 Å². The minimum atomic E-state index is -0.445. The van der Waals surface area contributed by atoms with Crippen molar-refractivity contribution < 1.29 is 14.0 Å². The molecule has 4 nitrogen and oxygen atoms in total. The fourth-order valence-corrected chi connectivity index (χ4v) is 5.65. The van der Waals surface area contributed by atoms with E-state index in [4.69, 9.17) is 0 Å². The summed E-state index contributed by atoms with van der Waals surface area (Å²) in [5, 5.41) is 8.14. The first-order chi connectivity index (χ1) is 16.0. The van der Waals surface area contributed by atoms with Crippen molar-refractivity contribution in [2.24, 2.45) is 0 Å². The van der Waals surface area contributed by atoms with Crippen LogP contribution in [0.3, 0.4) is 0 Å². The van der Waals surface area contributed by atoms with Crippen LogP contribution in [-0.2, 0) is 9.59 Å². The number of benzene rings is 2. The van der Waals surface area contributed by atoms with Gasteiger partial charge in [0.15, 0.2) is 5.78 Å². The second kappa shape index (κ2) is 8.79. The van der Waals surface area contributed by atoms with Gasteiger partial charge in [-0.15, -0.1) is 11.3 Å². The van der Waals surface area contributed by atoms with Crippen LogP contribution >= 0.6 is 11.3 Å². The van der Waals surface area contributed by atoms with E-state index in [0.717, 1.165) is 16.1 Å². The van der Waals surface area contributed by atoms with Gasteiger partial charge in [-0.1, -0.05) is 42.5 Å². The van der Waals surface area contributed by atoms with Crippen molar-refractivity contribution in [2.75, 3.05) is 5.32 Å². The van der Waals surface area contributed by atoms with E-state index in [-0.39, 0.29) is 17.6 Å². The molecule has 1 aromatic heterocycles. The molecule has 2 heterocycles. The second-order valence-electron chi connectivity index (χ2n) is 8.41. The normalized spacial score (nSPS) is 20.4. The van der Waals surface area contributed by atoms with Crippen molar-refractivity contribution in [3.63, 3.8) is 0 Å². The molecule has 6 heteroatoms. The number of hydrogen-bond donors (Lipinski definition) is 2. The van der Waals surface area contributed by atoms with Gasteiger partial charge in [0, 0.05) is 39.5 Å². The molecule has 0 spiro atoms. The number of ketones is 1. The van der Waals surface area contributed by atoms with Crippen molar-refractivity contribution in [3.05, 3.63) is 111 Å². The van der Waals surface area contributed by atoms with E-state index in [1.807, 2.05) is 42.6 Å². The lowest BCUT2D eigenvalue weighted by Crippen LogP contribution is -2.36. The third kappa shape index (κ3) is 4.14. The number of dihydropyridines is 1. The molecule has 0 bridgehead atoms. The van der Waals surface area contributed by atoms with E-state index in [0.29, 0.717) is 35.4 Å². The zero-order valence-corrected chi connectivity index (χ0v) is 18.9. The molecule has 5 rings (SSSR count). The number of anilines is 1. The Bertz CT molecular complexity index is 1280. The van der Waals surface area contributed by atoms with Crippen LogP contribution in [0.4, 0.5) is 10.1 Å². The third-order valence-electron chi connectivity index (χ3n) is 6.25. The zero-order chi connectivity index (χ0) is 22.9. The first kappa shape index (κ1) is 21.3. The number of rotatable bonds is 4. The first-order valence-corrected chi connectivity index (χ1v) is 11.8. The van der Waals surface area contributed by atoms with E-state index in [1.165, 1.54) is 23.5 Å². The first-order valence-electron chi connectivity index (χ1n) is 10.9. The van der Waals surface area contributed by atoms with Crippen LogP contribution in [0.1, 0.15) is 42.0 Å². The van der Waals surface area contributed by atoms with Crippen molar-refractivity contribution in [1.82, 2.24) is 5.32 Å². The molecule has 2 aromatic carbocycles. The maximum Gasteiger partial charge on any atom is 0.254 e. The van der Waals surface area contributed by atoms with Gasteiger partial charge in [0.2, 0.25) is 0 Å². The Morgan fingerprint density at radius 1 is 1.06 bits per heavy atom. The largest absolute Gasteiger partial charge is 0.362 e. The van der Waals surface area contributed by atoms with E-state index in [1.54, 1.807) is 12.1 Å². The number of Topliss-reactive ketones (excluding diaryl/α,β-unsaturated/α-hetero) is 1. The Labute approximate surface area is 195 Å². The number of hydrogen-bond acceptors (Lipinski definition) is 4. The van der Waals surface area contributed by atoms with Crippen LogP contribution in [0.25, 0.3) is 0 Å². The summed E-state index contributed by atoms with van der Waals surface area (Å²) in [5.41, 5.74) is 4.28. The van der Waals surface area contributed by atoms with Crippen molar-refractivity contribution >= 4 is 28.7 Å². The highest BCUT2D eigenvalue weighted by Crippen LogP contribution is 2.46. The molecule has 2 N–H and O–H groups in total. The van der Waals surface area contributed by atoms with Gasteiger partial charge in [0.05, 0.1) is 5.92 Å². The number of nitrogens with one attached hydrogen (secondary N) is 2. The van der Waals surface area contributed by atoms with Crippen LogP contribution in [0.2, 0.25) is 0 Å². The van der Waals surface area contributed by atoms with E-state index >= 15 is 0 Å². The van der Waals surface area contributed by atoms with Gasteiger partial charge in [-0.05, 0) is 54.5 Å². The Hall–Kier alpha value is -3.51. The standard InChI is InChI=1S/C27H23FN2O2S/c1-16-24(27(32)30-20-10-5-9-19(28)15-20)26(23-11-6-12-33-23)25-21(29-16)13-18(14-22(25)31)17-7-3-2-4-8-17/h2-12,15,18,26,29H,13-14H2,1H3,(H,30,32). The maximum absolute atomic E-state index is 13.7. The lowest BCUT2D eigenvalue weighted by molar-refractivity contribution is -0.116. The molecule has 166 valence electrons. The molecular formula is C27H23FN2O2S. The molecule has 0 fully saturated rings. The summed E-state index contributed by atoms with van der Waals surface area (Å²) in [5.74, 6) is -1.05. The quantitative estimate of drug-likeness (QED) is 0.513. The van der Waals surface area contributed by atoms with E-state index < -0.39 is 11.7 Å². The van der Waals surface area contributed by atoms with Crippen molar-refractivity contribution in [2.45, 2.75) is 31.6 Å². The fourth-order valence-electron chi connectivity index (χ4n) is 4.81. The van der Waals surface area contributed by atoms with Gasteiger partial charge in [0.1, 0.15) is 5.82 Å². The molecule has 0 saturated carbocycles. The Morgan fingerprint density at radius 2 is 1.88 bits per heavy atom. The minimum Gasteiger partial charge on any atom is -0.362 e. The minimum absolute atomic E-state index is 0.0551. The number of amides is 1. The number of thiophene rings is 1. The maximum atomic E-state index is 13.7. The predicted molar refractivity (Wildman–Crippen MR) is 128 cm³/mol. The summed E-state index contributed by atoms with van der Waals surface area (Å²) in [6.07, 6.45) is 1.12. The number of carbonyl (C=O) groups excluding carboxylic acids is 2. The number of halogens is 1. The third-order valence-corrected chi connectivity index (χ3v) is 7.19.